The lowest BCUT2D eigenvalue weighted by Gasteiger charge is -2.13. The van der Waals surface area contributed by atoms with E-state index in [9.17, 15) is 23.1 Å². The van der Waals surface area contributed by atoms with Gasteiger partial charge >= 0.3 is 0 Å². The van der Waals surface area contributed by atoms with Gasteiger partial charge in [0.25, 0.3) is 11.8 Å². The predicted molar refractivity (Wildman–Crippen MR) is 182 cm³/mol. The molecule has 2 heterocycles. The minimum Gasteiger partial charge on any atom is -0.507 e. The molecule has 0 atom stereocenters. The molecular formula is C30H23Br2N5O7S2. The molecule has 1 saturated heterocycles. The molecule has 4 aromatic rings. The highest BCUT2D eigenvalue weighted by atomic mass is 79.9. The lowest BCUT2D eigenvalue weighted by atomic mass is 10.2. The number of nitrogens with two attached hydrogens (primary N) is 1. The normalized spacial score (nSPS) is 15.3. The number of halogens is 2. The first-order chi connectivity index (χ1) is 22.0. The Bertz CT molecular complexity index is 1980. The number of ether oxygens (including phenoxy) is 1. The second-order valence-electron chi connectivity index (χ2n) is 9.50. The Kier molecular flexibility index (Phi) is 10.4. The molecule has 5 rings (SSSR count). The molecule has 46 heavy (non-hydrogen) atoms. The SMILES string of the molecule is NS(=O)(=O)c1ccc(NC(=O)COc2ccc(Br)cc2/C=C2\S/C(=N\N=C\c3cc(Br)ccc3O)N(Cc3ccco3)C2=O)cc1. The number of amides is 2. The van der Waals surface area contributed by atoms with Crippen molar-refractivity contribution >= 4 is 88.6 Å². The van der Waals surface area contributed by atoms with Gasteiger partial charge in [0.15, 0.2) is 11.8 Å². The van der Waals surface area contributed by atoms with Crippen LogP contribution in [-0.2, 0) is 26.2 Å². The number of hydrogen-bond donors (Lipinski definition) is 3. The fraction of sp³-hybridized carbons (Fsp3) is 0.0667. The first kappa shape index (κ1) is 33.2. The molecule has 3 aromatic carbocycles. The van der Waals surface area contributed by atoms with Crippen LogP contribution >= 0.6 is 43.6 Å². The third-order valence-electron chi connectivity index (χ3n) is 6.20. The Hall–Kier alpha value is -4.22. The fourth-order valence-corrected chi connectivity index (χ4v) is 6.22. The van der Waals surface area contributed by atoms with E-state index in [1.807, 2.05) is 0 Å². The van der Waals surface area contributed by atoms with Gasteiger partial charge in [-0.2, -0.15) is 5.10 Å². The number of anilines is 1. The number of thioether (sulfide) groups is 1. The molecule has 1 fully saturated rings. The largest absolute Gasteiger partial charge is 0.507 e. The van der Waals surface area contributed by atoms with E-state index in [-0.39, 0.29) is 34.9 Å². The highest BCUT2D eigenvalue weighted by Gasteiger charge is 2.34. The molecule has 0 radical (unpaired) electrons. The van der Waals surface area contributed by atoms with Crippen LogP contribution in [0.15, 0.2) is 112 Å². The molecule has 12 nitrogen and oxygen atoms in total. The number of rotatable bonds is 10. The summed E-state index contributed by atoms with van der Waals surface area (Å²) in [7, 11) is -3.86. The van der Waals surface area contributed by atoms with Crippen LogP contribution < -0.4 is 15.2 Å². The lowest BCUT2D eigenvalue weighted by molar-refractivity contribution is -0.122. The van der Waals surface area contributed by atoms with Crippen molar-refractivity contribution in [2.75, 3.05) is 11.9 Å². The molecular weight excluding hydrogens is 766 g/mol. The Morgan fingerprint density at radius 3 is 2.48 bits per heavy atom. The standard InChI is InChI=1S/C30H23Br2N5O7S2/c31-20-3-9-25(38)19(13-20)15-34-36-30-37(16-23-2-1-11-43-23)29(40)27(45-30)14-18-12-21(32)4-10-26(18)44-17-28(39)35-22-5-7-24(8-6-22)46(33,41)42/h1-15,38H,16-17H2,(H,35,39)(H2,33,41,42)/b27-14-,34-15+,36-30-. The summed E-state index contributed by atoms with van der Waals surface area (Å²) in [5, 5.41) is 26.5. The zero-order valence-corrected chi connectivity index (χ0v) is 28.3. The molecule has 236 valence electrons. The fourth-order valence-electron chi connectivity index (χ4n) is 4.02. The Labute approximate surface area is 284 Å². The highest BCUT2D eigenvalue weighted by Crippen LogP contribution is 2.36. The molecule has 0 spiro atoms. The van der Waals surface area contributed by atoms with E-state index in [4.69, 9.17) is 14.3 Å². The predicted octanol–water partition coefficient (Wildman–Crippen LogP) is 5.68. The second kappa shape index (κ2) is 14.5. The number of phenolic OH excluding ortho intramolecular Hbond substituents is 1. The summed E-state index contributed by atoms with van der Waals surface area (Å²) >= 11 is 7.88. The van der Waals surface area contributed by atoms with Gasteiger partial charge in [-0.05, 0) is 90.6 Å². The van der Waals surface area contributed by atoms with Crippen LogP contribution in [0.2, 0.25) is 0 Å². The quantitative estimate of drug-likeness (QED) is 0.104. The Balaban J connectivity index is 1.35. The van der Waals surface area contributed by atoms with Gasteiger partial charge in [0.05, 0.1) is 28.8 Å². The highest BCUT2D eigenvalue weighted by molar-refractivity contribution is 9.10. The van der Waals surface area contributed by atoms with Gasteiger partial charge in [-0.1, -0.05) is 31.9 Å². The topological polar surface area (TPSA) is 177 Å². The molecule has 0 unspecified atom stereocenters. The van der Waals surface area contributed by atoms with Crippen LogP contribution in [0, 0.1) is 0 Å². The first-order valence-electron chi connectivity index (χ1n) is 13.1. The summed E-state index contributed by atoms with van der Waals surface area (Å²) < 4.78 is 35.6. The Morgan fingerprint density at radius 2 is 1.78 bits per heavy atom. The maximum atomic E-state index is 13.6. The zero-order chi connectivity index (χ0) is 32.8. The summed E-state index contributed by atoms with van der Waals surface area (Å²) in [4.78, 5) is 27.8. The van der Waals surface area contributed by atoms with Gasteiger partial charge in [-0.25, -0.2) is 13.6 Å². The van der Waals surface area contributed by atoms with Gasteiger partial charge in [0.2, 0.25) is 10.0 Å². The first-order valence-corrected chi connectivity index (χ1v) is 17.1. The van der Waals surface area contributed by atoms with E-state index in [1.54, 1.807) is 48.5 Å². The number of sulfonamides is 1. The zero-order valence-electron chi connectivity index (χ0n) is 23.5. The minimum atomic E-state index is -3.86. The number of aromatic hydroxyl groups is 1. The number of hydrogen-bond acceptors (Lipinski definition) is 10. The van der Waals surface area contributed by atoms with Crippen molar-refractivity contribution in [1.29, 1.82) is 0 Å². The Morgan fingerprint density at radius 1 is 1.07 bits per heavy atom. The van der Waals surface area contributed by atoms with E-state index >= 15 is 0 Å². The number of nitrogens with one attached hydrogen (secondary N) is 1. The maximum Gasteiger partial charge on any atom is 0.267 e. The number of carbonyl (C=O) groups excluding carboxylic acids is 2. The van der Waals surface area contributed by atoms with Crippen molar-refractivity contribution in [3.05, 3.63) is 110 Å². The van der Waals surface area contributed by atoms with Gasteiger partial charge in [0.1, 0.15) is 17.3 Å². The van der Waals surface area contributed by atoms with Crippen molar-refractivity contribution in [3.63, 3.8) is 0 Å². The van der Waals surface area contributed by atoms with Crippen LogP contribution in [0.1, 0.15) is 16.9 Å². The molecule has 1 aliphatic heterocycles. The average molecular weight is 789 g/mol. The maximum absolute atomic E-state index is 13.6. The molecule has 0 bridgehead atoms. The number of primary sulfonamides is 1. The van der Waals surface area contributed by atoms with Gasteiger partial charge in [-0.15, -0.1) is 5.10 Å². The summed E-state index contributed by atoms with van der Waals surface area (Å²) in [6.07, 6.45) is 4.51. The molecule has 0 saturated carbocycles. The van der Waals surface area contributed by atoms with Crippen molar-refractivity contribution in [2.45, 2.75) is 11.4 Å². The molecule has 4 N–H and O–H groups in total. The van der Waals surface area contributed by atoms with Crippen molar-refractivity contribution in [2.24, 2.45) is 15.3 Å². The molecule has 1 aromatic heterocycles. The van der Waals surface area contributed by atoms with Crippen LogP contribution in [0.3, 0.4) is 0 Å². The number of benzene rings is 3. The van der Waals surface area contributed by atoms with E-state index in [1.165, 1.54) is 47.7 Å². The van der Waals surface area contributed by atoms with E-state index in [0.717, 1.165) is 16.2 Å². The van der Waals surface area contributed by atoms with Crippen molar-refractivity contribution < 1.29 is 32.3 Å². The minimum absolute atomic E-state index is 0.0196. The van der Waals surface area contributed by atoms with Gasteiger partial charge in [-0.3, -0.25) is 14.5 Å². The summed E-state index contributed by atoms with van der Waals surface area (Å²) in [5.74, 6) is 0.0336. The lowest BCUT2D eigenvalue weighted by Crippen LogP contribution is -2.28. The second-order valence-corrected chi connectivity index (χ2v) is 13.9. The van der Waals surface area contributed by atoms with Crippen LogP contribution in [0.4, 0.5) is 5.69 Å². The number of carbonyl (C=O) groups is 2. The summed E-state index contributed by atoms with van der Waals surface area (Å²) in [6, 6.07) is 18.8. The van der Waals surface area contributed by atoms with Gasteiger partial charge in [0, 0.05) is 25.8 Å². The smallest absolute Gasteiger partial charge is 0.267 e. The summed E-state index contributed by atoms with van der Waals surface area (Å²) in [6.45, 7) is -0.267. The van der Waals surface area contributed by atoms with Crippen LogP contribution in [0.25, 0.3) is 6.08 Å². The van der Waals surface area contributed by atoms with Crippen LogP contribution in [-0.4, -0.2) is 48.2 Å². The number of amidine groups is 1. The number of furan rings is 1. The van der Waals surface area contributed by atoms with E-state index < -0.39 is 15.9 Å². The molecule has 1 aliphatic rings. The third-order valence-corrected chi connectivity index (χ3v) is 9.11. The molecule has 0 aliphatic carbocycles. The number of phenols is 1. The molecule has 16 heteroatoms. The monoisotopic (exact) mass is 787 g/mol. The number of nitrogens with zero attached hydrogens (tertiary/aromatic N) is 3. The van der Waals surface area contributed by atoms with E-state index in [0.29, 0.717) is 37.7 Å². The van der Waals surface area contributed by atoms with E-state index in [2.05, 4.69) is 47.4 Å². The van der Waals surface area contributed by atoms with Crippen LogP contribution in [0.5, 0.6) is 11.5 Å². The van der Waals surface area contributed by atoms with Crippen molar-refractivity contribution in [1.82, 2.24) is 4.90 Å². The average Bonchev–Trinajstić information content (AvgIpc) is 3.63. The van der Waals surface area contributed by atoms with Crippen molar-refractivity contribution in [3.8, 4) is 11.5 Å². The molecule has 2 amide bonds. The summed E-state index contributed by atoms with van der Waals surface area (Å²) in [5.41, 5.74) is 1.30. The third kappa shape index (κ3) is 8.52. The van der Waals surface area contributed by atoms with Gasteiger partial charge < -0.3 is 19.6 Å².